The average Bonchev–Trinajstić information content (AvgIpc) is 2.37. The van der Waals surface area contributed by atoms with Crippen molar-refractivity contribution in [1.82, 2.24) is 15.0 Å². The maximum atomic E-state index is 14.3. The molecule has 0 saturated carbocycles. The molecule has 1 heterocycles. The smallest absolute Gasteiger partial charge is 0.230 e. The van der Waals surface area contributed by atoms with Crippen LogP contribution in [-0.2, 0) is 0 Å². The third kappa shape index (κ3) is 3.26. The van der Waals surface area contributed by atoms with E-state index < -0.39 is 0 Å². The Labute approximate surface area is 124 Å². The number of rotatable bonds is 4. The Bertz CT molecular complexity index is 632. The highest BCUT2D eigenvalue weighted by Gasteiger charge is 2.16. The maximum absolute atomic E-state index is 14.3. The monoisotopic (exact) mass is 289 g/mol. The quantitative estimate of drug-likeness (QED) is 0.938. The van der Waals surface area contributed by atoms with Gasteiger partial charge in [-0.1, -0.05) is 6.07 Å². The number of halogens is 1. The highest BCUT2D eigenvalue weighted by molar-refractivity contribution is 5.63. The van der Waals surface area contributed by atoms with Gasteiger partial charge in [-0.3, -0.25) is 0 Å². The molecule has 0 fully saturated rings. The molecule has 0 aliphatic rings. The number of hydrogen-bond donors (Lipinski definition) is 1. The molecule has 0 atom stereocenters. The van der Waals surface area contributed by atoms with Crippen LogP contribution in [0, 0.1) is 19.7 Å². The van der Waals surface area contributed by atoms with Gasteiger partial charge >= 0.3 is 0 Å². The van der Waals surface area contributed by atoms with Crippen LogP contribution in [0.3, 0.4) is 0 Å². The molecule has 1 N–H and O–H groups in total. The van der Waals surface area contributed by atoms with Gasteiger partial charge in [0.25, 0.3) is 0 Å². The molecular formula is C15H20FN5. The van der Waals surface area contributed by atoms with Gasteiger partial charge in [-0.25, -0.2) is 4.39 Å². The summed E-state index contributed by atoms with van der Waals surface area (Å²) in [7, 11) is 3.68. The summed E-state index contributed by atoms with van der Waals surface area (Å²) in [6.07, 6.45) is 0. The minimum atomic E-state index is -0.314. The molecule has 21 heavy (non-hydrogen) atoms. The molecule has 2 rings (SSSR count). The van der Waals surface area contributed by atoms with E-state index in [9.17, 15) is 4.39 Å². The number of aryl methyl sites for hydroxylation is 2. The summed E-state index contributed by atoms with van der Waals surface area (Å²) < 4.78 is 14.3. The Morgan fingerprint density at radius 2 is 1.86 bits per heavy atom. The second-order valence-corrected chi connectivity index (χ2v) is 5.15. The highest BCUT2D eigenvalue weighted by Crippen LogP contribution is 2.26. The molecule has 0 bridgehead atoms. The van der Waals surface area contributed by atoms with Crippen LogP contribution in [0.2, 0.25) is 0 Å². The first kappa shape index (κ1) is 15.2. The third-order valence-corrected chi connectivity index (χ3v) is 3.01. The summed E-state index contributed by atoms with van der Waals surface area (Å²) in [6, 6.07) is 3.42. The van der Waals surface area contributed by atoms with E-state index in [1.165, 1.54) is 6.07 Å². The Balaban J connectivity index is 2.63. The van der Waals surface area contributed by atoms with E-state index in [4.69, 9.17) is 0 Å². The molecule has 5 nitrogen and oxygen atoms in total. The molecule has 0 amide bonds. The zero-order chi connectivity index (χ0) is 15.6. The Hall–Kier alpha value is -2.24. The second kappa shape index (κ2) is 6.03. The fourth-order valence-electron chi connectivity index (χ4n) is 2.11. The molecule has 0 aliphatic carbocycles. The number of benzene rings is 1. The zero-order valence-corrected chi connectivity index (χ0v) is 13.0. The Kier molecular flexibility index (Phi) is 4.35. The molecule has 0 unspecified atom stereocenters. The molecule has 112 valence electrons. The van der Waals surface area contributed by atoms with Crippen molar-refractivity contribution in [3.8, 4) is 11.4 Å². The van der Waals surface area contributed by atoms with Gasteiger partial charge in [0.1, 0.15) is 5.82 Å². The van der Waals surface area contributed by atoms with Crippen molar-refractivity contribution in [2.45, 2.75) is 20.8 Å². The fraction of sp³-hybridized carbons (Fsp3) is 0.400. The van der Waals surface area contributed by atoms with Gasteiger partial charge in [0.15, 0.2) is 5.82 Å². The predicted octanol–water partition coefficient (Wildman–Crippen LogP) is 2.79. The van der Waals surface area contributed by atoms with Crippen molar-refractivity contribution in [3.05, 3.63) is 29.1 Å². The highest BCUT2D eigenvalue weighted by atomic mass is 19.1. The van der Waals surface area contributed by atoms with E-state index in [1.807, 2.05) is 40.9 Å². The standard InChI is InChI=1S/C15H20FN5/c1-6-17-14-18-13(19-15(20-14)21(4)5)12-10(3)7-9(2)8-11(12)16/h7-8H,6H2,1-5H3,(H,17,18,19,20). The topological polar surface area (TPSA) is 53.9 Å². The number of anilines is 2. The lowest BCUT2D eigenvalue weighted by Gasteiger charge is -2.14. The normalized spacial score (nSPS) is 10.6. The summed E-state index contributed by atoms with van der Waals surface area (Å²) in [5, 5.41) is 3.05. The number of hydrogen-bond acceptors (Lipinski definition) is 5. The molecule has 0 spiro atoms. The molecule has 0 saturated heterocycles. The van der Waals surface area contributed by atoms with Gasteiger partial charge in [0, 0.05) is 20.6 Å². The largest absolute Gasteiger partial charge is 0.354 e. The van der Waals surface area contributed by atoms with Gasteiger partial charge in [-0.2, -0.15) is 15.0 Å². The van der Waals surface area contributed by atoms with Crippen LogP contribution < -0.4 is 10.2 Å². The molecule has 1 aromatic carbocycles. The molecule has 0 aliphatic heterocycles. The van der Waals surface area contributed by atoms with Gasteiger partial charge in [0.2, 0.25) is 11.9 Å². The molecule has 1 aromatic heterocycles. The van der Waals surface area contributed by atoms with Crippen molar-refractivity contribution >= 4 is 11.9 Å². The first-order valence-electron chi connectivity index (χ1n) is 6.86. The minimum Gasteiger partial charge on any atom is -0.354 e. The summed E-state index contributed by atoms with van der Waals surface area (Å²) in [4.78, 5) is 14.8. The molecular weight excluding hydrogens is 269 g/mol. The fourth-order valence-corrected chi connectivity index (χ4v) is 2.11. The van der Waals surface area contributed by atoms with E-state index >= 15 is 0 Å². The SMILES string of the molecule is CCNc1nc(-c2c(C)cc(C)cc2F)nc(N(C)C)n1. The number of nitrogens with one attached hydrogen (secondary N) is 1. The van der Waals surface area contributed by atoms with Gasteiger partial charge in [0.05, 0.1) is 5.56 Å². The van der Waals surface area contributed by atoms with Crippen LogP contribution in [0.25, 0.3) is 11.4 Å². The van der Waals surface area contributed by atoms with Crippen LogP contribution in [-0.4, -0.2) is 35.6 Å². The number of aromatic nitrogens is 3. The predicted molar refractivity (Wildman–Crippen MR) is 83.2 cm³/mol. The summed E-state index contributed by atoms with van der Waals surface area (Å²) in [5.41, 5.74) is 2.11. The number of nitrogens with zero attached hydrogens (tertiary/aromatic N) is 4. The minimum absolute atomic E-state index is 0.314. The first-order chi connectivity index (χ1) is 9.92. The van der Waals surface area contributed by atoms with Crippen molar-refractivity contribution in [2.75, 3.05) is 30.9 Å². The average molecular weight is 289 g/mol. The molecule has 0 radical (unpaired) electrons. The zero-order valence-electron chi connectivity index (χ0n) is 13.0. The van der Waals surface area contributed by atoms with Crippen molar-refractivity contribution in [2.24, 2.45) is 0 Å². The Morgan fingerprint density at radius 1 is 1.14 bits per heavy atom. The van der Waals surface area contributed by atoms with Crippen LogP contribution in [0.15, 0.2) is 12.1 Å². The van der Waals surface area contributed by atoms with E-state index in [-0.39, 0.29) is 5.82 Å². The molecule has 2 aromatic rings. The van der Waals surface area contributed by atoms with Crippen LogP contribution in [0.1, 0.15) is 18.1 Å². The summed E-state index contributed by atoms with van der Waals surface area (Å²) in [5.74, 6) is 0.978. The maximum Gasteiger partial charge on any atom is 0.230 e. The van der Waals surface area contributed by atoms with E-state index in [0.717, 1.165) is 11.1 Å². The van der Waals surface area contributed by atoms with Crippen molar-refractivity contribution in [3.63, 3.8) is 0 Å². The van der Waals surface area contributed by atoms with Crippen molar-refractivity contribution < 1.29 is 4.39 Å². The van der Waals surface area contributed by atoms with Gasteiger partial charge in [-0.15, -0.1) is 0 Å². The van der Waals surface area contributed by atoms with E-state index in [2.05, 4.69) is 20.3 Å². The van der Waals surface area contributed by atoms with E-state index in [1.54, 1.807) is 4.90 Å². The van der Waals surface area contributed by atoms with E-state index in [0.29, 0.717) is 29.8 Å². The van der Waals surface area contributed by atoms with Crippen LogP contribution in [0.5, 0.6) is 0 Å². The van der Waals surface area contributed by atoms with Gasteiger partial charge in [-0.05, 0) is 38.0 Å². The summed E-state index contributed by atoms with van der Waals surface area (Å²) >= 11 is 0. The van der Waals surface area contributed by atoms with Crippen molar-refractivity contribution in [1.29, 1.82) is 0 Å². The second-order valence-electron chi connectivity index (χ2n) is 5.15. The van der Waals surface area contributed by atoms with Crippen LogP contribution >= 0.6 is 0 Å². The lowest BCUT2D eigenvalue weighted by Crippen LogP contribution is -2.16. The Morgan fingerprint density at radius 3 is 2.43 bits per heavy atom. The third-order valence-electron chi connectivity index (χ3n) is 3.01. The van der Waals surface area contributed by atoms with Gasteiger partial charge < -0.3 is 10.2 Å². The molecule has 6 heteroatoms. The van der Waals surface area contributed by atoms with Crippen LogP contribution in [0.4, 0.5) is 16.3 Å². The first-order valence-corrected chi connectivity index (χ1v) is 6.86. The lowest BCUT2D eigenvalue weighted by atomic mass is 10.0. The lowest BCUT2D eigenvalue weighted by molar-refractivity contribution is 0.627. The summed E-state index contributed by atoms with van der Waals surface area (Å²) in [6.45, 7) is 6.36.